The van der Waals surface area contributed by atoms with Crippen molar-refractivity contribution < 1.29 is 24.5 Å². The average Bonchev–Trinajstić information content (AvgIpc) is 3.09. The number of aliphatic hydroxyl groups excluding tert-OH is 1. The lowest BCUT2D eigenvalue weighted by atomic mass is 9.42. The molecule has 0 aromatic carbocycles. The highest BCUT2D eigenvalue weighted by Gasteiger charge is 2.66. The van der Waals surface area contributed by atoms with E-state index in [0.717, 1.165) is 57.8 Å². The van der Waals surface area contributed by atoms with Gasteiger partial charge in [0.2, 0.25) is 0 Å². The van der Waals surface area contributed by atoms with Crippen LogP contribution >= 0.6 is 0 Å². The monoisotopic (exact) mass is 514 g/mol. The maximum absolute atomic E-state index is 12.0. The summed E-state index contributed by atoms with van der Waals surface area (Å²) in [6, 6.07) is 0. The minimum atomic E-state index is -0.843. The fourth-order valence-corrected chi connectivity index (χ4v) is 9.88. The number of aliphatic hydroxyl groups is 1. The second-order valence-electron chi connectivity index (χ2n) is 14.2. The van der Waals surface area contributed by atoms with Gasteiger partial charge in [0.15, 0.2) is 0 Å². The lowest BCUT2D eigenvalue weighted by Crippen LogP contribution is -2.58. The number of carbonyl (C=O) groups excluding carboxylic acids is 1. The minimum absolute atomic E-state index is 0.0173. The van der Waals surface area contributed by atoms with Gasteiger partial charge in [-0.25, -0.2) is 4.79 Å². The Kier molecular flexibility index (Phi) is 7.32. The molecule has 4 aliphatic rings. The first kappa shape index (κ1) is 28.4. The van der Waals surface area contributed by atoms with Crippen LogP contribution < -0.4 is 0 Å². The zero-order valence-electron chi connectivity index (χ0n) is 24.4. The first-order valence-corrected chi connectivity index (χ1v) is 14.6. The van der Waals surface area contributed by atoms with Crippen LogP contribution in [0.2, 0.25) is 0 Å². The van der Waals surface area contributed by atoms with E-state index in [2.05, 4.69) is 41.5 Å². The van der Waals surface area contributed by atoms with Gasteiger partial charge in [-0.2, -0.15) is 0 Å². The van der Waals surface area contributed by atoms with Crippen LogP contribution in [0.15, 0.2) is 22.8 Å². The molecule has 0 heterocycles. The predicted octanol–water partition coefficient (Wildman–Crippen LogP) is 7.09. The van der Waals surface area contributed by atoms with Gasteiger partial charge in [0.25, 0.3) is 0 Å². The zero-order chi connectivity index (χ0) is 27.6. The number of aliphatic carboxylic acids is 1. The van der Waals surface area contributed by atoms with Gasteiger partial charge >= 0.3 is 11.9 Å². The Morgan fingerprint density at radius 3 is 2.35 bits per heavy atom. The summed E-state index contributed by atoms with van der Waals surface area (Å²) in [6.45, 7) is 17.3. The van der Waals surface area contributed by atoms with Crippen LogP contribution in [0.4, 0.5) is 0 Å². The average molecular weight is 515 g/mol. The molecule has 0 amide bonds. The Hall–Kier alpha value is -1.62. The number of rotatable bonds is 6. The summed E-state index contributed by atoms with van der Waals surface area (Å²) in [5, 5.41) is 21.2. The molecule has 2 N–H and O–H groups in total. The van der Waals surface area contributed by atoms with Crippen molar-refractivity contribution in [1.82, 2.24) is 0 Å². The van der Waals surface area contributed by atoms with Gasteiger partial charge in [-0.3, -0.25) is 4.79 Å². The van der Waals surface area contributed by atoms with E-state index >= 15 is 0 Å². The van der Waals surface area contributed by atoms with Crippen LogP contribution in [0.5, 0.6) is 0 Å². The van der Waals surface area contributed by atoms with E-state index in [1.165, 1.54) is 12.5 Å². The Morgan fingerprint density at radius 2 is 1.73 bits per heavy atom. The molecule has 208 valence electrons. The summed E-state index contributed by atoms with van der Waals surface area (Å²) in [6.07, 6.45) is 10.2. The Morgan fingerprint density at radius 1 is 1.05 bits per heavy atom. The second-order valence-corrected chi connectivity index (χ2v) is 14.2. The van der Waals surface area contributed by atoms with Crippen molar-refractivity contribution in [2.75, 3.05) is 0 Å². The highest BCUT2D eigenvalue weighted by atomic mass is 16.5. The highest BCUT2D eigenvalue weighted by molar-refractivity contribution is 5.85. The fraction of sp³-hybridized carbons (Fsp3) is 0.812. The van der Waals surface area contributed by atoms with Gasteiger partial charge in [-0.1, -0.05) is 58.8 Å². The summed E-state index contributed by atoms with van der Waals surface area (Å²) in [7, 11) is 0. The third-order valence-corrected chi connectivity index (χ3v) is 12.2. The topological polar surface area (TPSA) is 83.8 Å². The number of carboxylic acid groups (broad SMARTS) is 1. The molecular formula is C32H50O5. The molecule has 8 atom stereocenters. The Labute approximate surface area is 224 Å². The highest BCUT2D eigenvalue weighted by Crippen LogP contribution is 2.72. The number of ether oxygens (including phenoxy) is 1. The molecule has 5 nitrogen and oxygen atoms in total. The van der Waals surface area contributed by atoms with E-state index in [-0.39, 0.29) is 39.8 Å². The summed E-state index contributed by atoms with van der Waals surface area (Å²) < 4.78 is 5.82. The molecule has 37 heavy (non-hydrogen) atoms. The maximum atomic E-state index is 12.0. The number of hydrogen-bond acceptors (Lipinski definition) is 4. The van der Waals surface area contributed by atoms with Crippen LogP contribution in [0, 0.1) is 39.4 Å². The van der Waals surface area contributed by atoms with E-state index in [1.807, 2.05) is 6.08 Å². The van der Waals surface area contributed by atoms with Crippen molar-refractivity contribution in [3.8, 4) is 0 Å². The smallest absolute Gasteiger partial charge is 0.330 e. The van der Waals surface area contributed by atoms with Crippen molar-refractivity contribution in [2.24, 2.45) is 39.4 Å². The molecule has 0 aromatic heterocycles. The van der Waals surface area contributed by atoms with Crippen LogP contribution in [0.25, 0.3) is 0 Å². The number of allylic oxidation sites excluding steroid dienone is 2. The van der Waals surface area contributed by atoms with E-state index in [0.29, 0.717) is 23.3 Å². The second kappa shape index (κ2) is 9.54. The lowest BCUT2D eigenvalue weighted by molar-refractivity contribution is -0.168. The number of esters is 1. The number of carboxylic acids is 1. The van der Waals surface area contributed by atoms with Crippen LogP contribution in [-0.2, 0) is 14.3 Å². The van der Waals surface area contributed by atoms with E-state index in [1.54, 1.807) is 12.5 Å². The molecule has 2 fully saturated rings. The van der Waals surface area contributed by atoms with Gasteiger partial charge in [0.05, 0.1) is 6.10 Å². The molecule has 0 bridgehead atoms. The van der Waals surface area contributed by atoms with Crippen LogP contribution in [0.1, 0.15) is 113 Å². The largest absolute Gasteiger partial charge is 0.478 e. The molecule has 0 radical (unpaired) electrons. The van der Waals surface area contributed by atoms with E-state index < -0.39 is 5.97 Å². The molecule has 2 saturated carbocycles. The van der Waals surface area contributed by atoms with Crippen LogP contribution in [-0.4, -0.2) is 34.4 Å². The third kappa shape index (κ3) is 4.22. The molecule has 0 aliphatic heterocycles. The van der Waals surface area contributed by atoms with Crippen molar-refractivity contribution in [3.05, 3.63) is 22.8 Å². The molecule has 4 aliphatic carbocycles. The first-order valence-electron chi connectivity index (χ1n) is 14.6. The molecule has 0 unspecified atom stereocenters. The summed E-state index contributed by atoms with van der Waals surface area (Å²) in [4.78, 5) is 23.0. The quantitative estimate of drug-likeness (QED) is 0.225. The lowest BCUT2D eigenvalue weighted by Gasteiger charge is -2.63. The van der Waals surface area contributed by atoms with Gasteiger partial charge in [-0.15, -0.1) is 0 Å². The number of fused-ring (bicyclic) bond motifs is 4. The summed E-state index contributed by atoms with van der Waals surface area (Å²) in [5.74, 6) is 0.239. The van der Waals surface area contributed by atoms with Crippen molar-refractivity contribution in [1.29, 1.82) is 0 Å². The predicted molar refractivity (Wildman–Crippen MR) is 146 cm³/mol. The van der Waals surface area contributed by atoms with Gasteiger partial charge in [-0.05, 0) is 93.3 Å². The molecule has 0 spiro atoms. The molecule has 4 rings (SSSR count). The summed E-state index contributed by atoms with van der Waals surface area (Å²) >= 11 is 0. The van der Waals surface area contributed by atoms with Gasteiger partial charge < -0.3 is 14.9 Å². The van der Waals surface area contributed by atoms with Gasteiger partial charge in [0.1, 0.15) is 6.10 Å². The molecule has 0 aromatic rings. The van der Waals surface area contributed by atoms with E-state index in [4.69, 9.17) is 4.74 Å². The Bertz CT molecular complexity index is 1010. The van der Waals surface area contributed by atoms with Crippen molar-refractivity contribution in [3.63, 3.8) is 0 Å². The first-order chi connectivity index (χ1) is 17.1. The van der Waals surface area contributed by atoms with E-state index in [9.17, 15) is 19.8 Å². The molecule has 0 saturated heterocycles. The standard InChI is InChI=1S/C32H50O5/c1-19(10-9-11-20(2)28(35)36)22-14-17-31(7)23-12-13-25-29(4,5)27(37-21(3)33)15-16-30(25,6)24(23)18-26(34)32(22,31)8/h11,19,22,25-27,34H,9-10,12-18H2,1-8H3,(H,35,36)/b20-11-/t19-,22-,25+,26+,27-,30-,31+,32+/m1/s1. The maximum Gasteiger partial charge on any atom is 0.330 e. The SMILES string of the molecule is CC(=O)O[C@@H]1CC[C@]2(C)C3=C(CC[C@H]2C1(C)C)[C@]1(C)CC[C@H]([C@H](C)CC/C=C(/C)C(=O)O)[C@@]1(C)[C@@H](O)C3. The van der Waals surface area contributed by atoms with Crippen molar-refractivity contribution >= 4 is 11.9 Å². The Balaban J connectivity index is 1.64. The minimum Gasteiger partial charge on any atom is -0.478 e. The molecular weight excluding hydrogens is 464 g/mol. The third-order valence-electron chi connectivity index (χ3n) is 12.2. The molecule has 5 heteroatoms. The van der Waals surface area contributed by atoms with Gasteiger partial charge in [0, 0.05) is 23.3 Å². The normalized spacial score (nSPS) is 41.9. The number of hydrogen-bond donors (Lipinski definition) is 2. The zero-order valence-corrected chi connectivity index (χ0v) is 24.4. The fourth-order valence-electron chi connectivity index (χ4n) is 9.88. The van der Waals surface area contributed by atoms with Crippen molar-refractivity contribution in [2.45, 2.75) is 125 Å². The number of carbonyl (C=O) groups is 2. The summed E-state index contributed by atoms with van der Waals surface area (Å²) in [5.41, 5.74) is 3.29. The van der Waals surface area contributed by atoms with Crippen LogP contribution in [0.3, 0.4) is 0 Å².